The lowest BCUT2D eigenvalue weighted by Crippen LogP contribution is -2.47. The zero-order chi connectivity index (χ0) is 20.0. The van der Waals surface area contributed by atoms with Crippen molar-refractivity contribution in [3.05, 3.63) is 29.8 Å². The maximum Gasteiger partial charge on any atom is 0.123 e. The minimum absolute atomic E-state index is 0.103. The molecule has 1 aliphatic heterocycles. The monoisotopic (exact) mass is 390 g/mol. The van der Waals surface area contributed by atoms with Gasteiger partial charge in [-0.1, -0.05) is 37.5 Å². The van der Waals surface area contributed by atoms with Crippen LogP contribution in [0.1, 0.15) is 51.5 Å². The largest absolute Gasteiger partial charge is 0.491 e. The van der Waals surface area contributed by atoms with Gasteiger partial charge in [0.15, 0.2) is 0 Å². The van der Waals surface area contributed by atoms with Gasteiger partial charge in [0.25, 0.3) is 0 Å². The fourth-order valence-corrected chi connectivity index (χ4v) is 4.51. The highest BCUT2D eigenvalue weighted by atomic mass is 16.5. The van der Waals surface area contributed by atoms with E-state index in [9.17, 15) is 5.11 Å². The van der Waals surface area contributed by atoms with Crippen LogP contribution in [0.15, 0.2) is 24.3 Å². The SMILES string of the molecule is CN(C[C@@H](O)COc1ccccc1CN1CCOC(C)(C)C1)C1CCCCC1. The predicted molar refractivity (Wildman–Crippen MR) is 113 cm³/mol. The van der Waals surface area contributed by atoms with E-state index in [0.717, 1.165) is 32.0 Å². The Morgan fingerprint density at radius 3 is 2.75 bits per heavy atom. The van der Waals surface area contributed by atoms with Crippen molar-refractivity contribution in [3.8, 4) is 5.75 Å². The summed E-state index contributed by atoms with van der Waals surface area (Å²) >= 11 is 0. The van der Waals surface area contributed by atoms with E-state index in [2.05, 4.69) is 42.8 Å². The summed E-state index contributed by atoms with van der Waals surface area (Å²) in [6.45, 7) is 8.75. The van der Waals surface area contributed by atoms with E-state index in [-0.39, 0.29) is 5.60 Å². The maximum atomic E-state index is 10.5. The van der Waals surface area contributed by atoms with Crippen LogP contribution in [0.3, 0.4) is 0 Å². The van der Waals surface area contributed by atoms with Crippen LogP contribution in [0.25, 0.3) is 0 Å². The molecule has 158 valence electrons. The van der Waals surface area contributed by atoms with Gasteiger partial charge in [-0.15, -0.1) is 0 Å². The number of hydrogen-bond acceptors (Lipinski definition) is 5. The highest BCUT2D eigenvalue weighted by Gasteiger charge is 2.27. The van der Waals surface area contributed by atoms with Crippen molar-refractivity contribution in [2.24, 2.45) is 0 Å². The van der Waals surface area contributed by atoms with E-state index >= 15 is 0 Å². The van der Waals surface area contributed by atoms with Crippen LogP contribution in [-0.2, 0) is 11.3 Å². The molecule has 1 aromatic rings. The van der Waals surface area contributed by atoms with Gasteiger partial charge in [-0.25, -0.2) is 0 Å². The molecule has 0 bridgehead atoms. The fraction of sp³-hybridized carbons (Fsp3) is 0.739. The first-order chi connectivity index (χ1) is 13.4. The number of nitrogens with zero attached hydrogens (tertiary/aromatic N) is 2. The summed E-state index contributed by atoms with van der Waals surface area (Å²) < 4.78 is 11.9. The Kier molecular flexibility index (Phi) is 7.75. The third kappa shape index (κ3) is 6.45. The van der Waals surface area contributed by atoms with Crippen molar-refractivity contribution in [3.63, 3.8) is 0 Å². The van der Waals surface area contributed by atoms with Crippen molar-refractivity contribution < 1.29 is 14.6 Å². The Hall–Kier alpha value is -1.14. The molecule has 1 heterocycles. The number of aliphatic hydroxyl groups excluding tert-OH is 1. The molecule has 1 saturated heterocycles. The topological polar surface area (TPSA) is 45.2 Å². The number of hydrogen-bond donors (Lipinski definition) is 1. The van der Waals surface area contributed by atoms with Gasteiger partial charge in [-0.05, 0) is 39.8 Å². The van der Waals surface area contributed by atoms with Gasteiger partial charge >= 0.3 is 0 Å². The Morgan fingerprint density at radius 1 is 1.25 bits per heavy atom. The average Bonchev–Trinajstić information content (AvgIpc) is 2.67. The number of benzene rings is 1. The first-order valence-electron chi connectivity index (χ1n) is 10.9. The van der Waals surface area contributed by atoms with Crippen LogP contribution in [0.5, 0.6) is 5.75 Å². The summed E-state index contributed by atoms with van der Waals surface area (Å²) in [7, 11) is 2.13. The molecule has 3 rings (SSSR count). The fourth-order valence-electron chi connectivity index (χ4n) is 4.51. The average molecular weight is 391 g/mol. The molecule has 0 aromatic heterocycles. The Morgan fingerprint density at radius 2 is 2.00 bits per heavy atom. The second-order valence-electron chi connectivity index (χ2n) is 9.12. The number of rotatable bonds is 8. The Balaban J connectivity index is 1.50. The standard InChI is InChI=1S/C23H38N2O3/c1-23(2)18-25(13-14-28-23)15-19-9-7-8-12-22(19)27-17-21(26)16-24(3)20-10-5-4-6-11-20/h7-9,12,20-21,26H,4-6,10-11,13-18H2,1-3H3/t21-/m1/s1. The lowest BCUT2D eigenvalue weighted by Gasteiger charge is -2.38. The molecule has 5 nitrogen and oxygen atoms in total. The highest BCUT2D eigenvalue weighted by molar-refractivity contribution is 5.33. The van der Waals surface area contributed by atoms with Crippen molar-refractivity contribution in [2.75, 3.05) is 39.9 Å². The van der Waals surface area contributed by atoms with E-state index < -0.39 is 6.10 Å². The second-order valence-corrected chi connectivity index (χ2v) is 9.12. The smallest absolute Gasteiger partial charge is 0.123 e. The molecule has 1 saturated carbocycles. The summed E-state index contributed by atoms with van der Waals surface area (Å²) in [5.74, 6) is 0.881. The normalized spacial score (nSPS) is 22.3. The van der Waals surface area contributed by atoms with Gasteiger partial charge in [0.1, 0.15) is 18.5 Å². The molecule has 2 aliphatic rings. The molecule has 0 unspecified atom stereocenters. The highest BCUT2D eigenvalue weighted by Crippen LogP contribution is 2.24. The molecule has 28 heavy (non-hydrogen) atoms. The third-order valence-corrected chi connectivity index (χ3v) is 6.00. The molecule has 5 heteroatoms. The van der Waals surface area contributed by atoms with E-state index in [1.165, 1.54) is 37.7 Å². The summed E-state index contributed by atoms with van der Waals surface area (Å²) in [5, 5.41) is 10.5. The maximum absolute atomic E-state index is 10.5. The molecule has 1 atom stereocenters. The van der Waals surface area contributed by atoms with Crippen LogP contribution < -0.4 is 4.74 Å². The summed E-state index contributed by atoms with van der Waals surface area (Å²) in [6, 6.07) is 8.81. The minimum Gasteiger partial charge on any atom is -0.491 e. The van der Waals surface area contributed by atoms with Crippen molar-refractivity contribution >= 4 is 0 Å². The van der Waals surface area contributed by atoms with Gasteiger partial charge < -0.3 is 19.5 Å². The predicted octanol–water partition coefficient (Wildman–Crippen LogP) is 3.30. The summed E-state index contributed by atoms with van der Waals surface area (Å²) in [4.78, 5) is 4.73. The zero-order valence-electron chi connectivity index (χ0n) is 17.9. The van der Waals surface area contributed by atoms with Crippen LogP contribution in [0.4, 0.5) is 0 Å². The van der Waals surface area contributed by atoms with Gasteiger partial charge in [-0.2, -0.15) is 0 Å². The summed E-state index contributed by atoms with van der Waals surface area (Å²) in [5.41, 5.74) is 1.07. The molecule has 0 spiro atoms. The van der Waals surface area contributed by atoms with Crippen molar-refractivity contribution in [2.45, 2.75) is 70.2 Å². The van der Waals surface area contributed by atoms with Gasteiger partial charge in [0.2, 0.25) is 0 Å². The minimum atomic E-state index is -0.470. The molecule has 1 aromatic carbocycles. The van der Waals surface area contributed by atoms with Crippen LogP contribution in [0.2, 0.25) is 0 Å². The first kappa shape index (κ1) is 21.6. The number of aliphatic hydroxyl groups is 1. The van der Waals surface area contributed by atoms with Crippen LogP contribution >= 0.6 is 0 Å². The van der Waals surface area contributed by atoms with E-state index in [1.807, 2.05) is 12.1 Å². The summed E-state index contributed by atoms with van der Waals surface area (Å²) in [6.07, 6.45) is 6.02. The zero-order valence-corrected chi connectivity index (χ0v) is 17.9. The molecule has 2 fully saturated rings. The molecule has 0 radical (unpaired) electrons. The number of morpholine rings is 1. The third-order valence-electron chi connectivity index (χ3n) is 6.00. The van der Waals surface area contributed by atoms with E-state index in [4.69, 9.17) is 9.47 Å². The van der Waals surface area contributed by atoms with Gasteiger partial charge in [-0.3, -0.25) is 4.90 Å². The molecular formula is C23H38N2O3. The quantitative estimate of drug-likeness (QED) is 0.738. The lowest BCUT2D eigenvalue weighted by atomic mass is 9.94. The number of para-hydroxylation sites is 1. The van der Waals surface area contributed by atoms with E-state index in [1.54, 1.807) is 0 Å². The molecule has 0 amide bonds. The molecule has 1 aliphatic carbocycles. The van der Waals surface area contributed by atoms with Crippen molar-refractivity contribution in [1.82, 2.24) is 9.80 Å². The van der Waals surface area contributed by atoms with Crippen LogP contribution in [-0.4, -0.2) is 72.5 Å². The number of ether oxygens (including phenoxy) is 2. The molecular weight excluding hydrogens is 352 g/mol. The Labute approximate surface area is 170 Å². The van der Waals surface area contributed by atoms with Gasteiger partial charge in [0, 0.05) is 37.8 Å². The Bertz CT molecular complexity index is 601. The lowest BCUT2D eigenvalue weighted by molar-refractivity contribution is -0.0884. The van der Waals surface area contributed by atoms with Crippen LogP contribution in [0, 0.1) is 0 Å². The number of likely N-dealkylation sites (N-methyl/N-ethyl adjacent to an activating group) is 1. The van der Waals surface area contributed by atoms with E-state index in [0.29, 0.717) is 19.2 Å². The van der Waals surface area contributed by atoms with Gasteiger partial charge in [0.05, 0.1) is 12.2 Å². The molecule has 1 N–H and O–H groups in total. The second kappa shape index (κ2) is 10.1. The first-order valence-corrected chi connectivity index (χ1v) is 10.9. The van der Waals surface area contributed by atoms with Crippen molar-refractivity contribution in [1.29, 1.82) is 0 Å².